The van der Waals surface area contributed by atoms with E-state index in [1.807, 2.05) is 30.3 Å². The quantitative estimate of drug-likeness (QED) is 0.554. The van der Waals surface area contributed by atoms with Crippen LogP contribution >= 0.6 is 12.4 Å². The Kier molecular flexibility index (Phi) is 1.43. The fourth-order valence-electron chi connectivity index (χ4n) is 0.970. The zero-order chi connectivity index (χ0) is 7.68. The van der Waals surface area contributed by atoms with Gasteiger partial charge in [0.1, 0.15) is 0 Å². The van der Waals surface area contributed by atoms with Crippen molar-refractivity contribution < 1.29 is 8.31 Å². The maximum atomic E-state index is 5.19. The second-order valence-corrected chi connectivity index (χ2v) is 2.59. The predicted octanol–water partition coefficient (Wildman–Crippen LogP) is 1.96. The number of nitrogens with zero attached hydrogens (tertiary/aromatic N) is 1. The molecule has 0 aliphatic carbocycles. The molecule has 0 amide bonds. The third-order valence-corrected chi connectivity index (χ3v) is 1.68. The summed E-state index contributed by atoms with van der Waals surface area (Å²) >= 11 is 4.79. The molecule has 1 aromatic heterocycles. The Morgan fingerprint density at radius 3 is 2.91 bits per heavy atom. The smallest absolute Gasteiger partial charge is 0.216 e. The SMILES string of the molecule is S=[n+]1ccc2ccccc2o1. The first-order valence-corrected chi connectivity index (χ1v) is 3.64. The van der Waals surface area contributed by atoms with Crippen molar-refractivity contribution in [2.24, 2.45) is 0 Å². The molecule has 0 spiro atoms. The summed E-state index contributed by atoms with van der Waals surface area (Å²) in [6.07, 6.45) is 1.71. The summed E-state index contributed by atoms with van der Waals surface area (Å²) < 4.78 is 6.46. The van der Waals surface area contributed by atoms with Gasteiger partial charge in [-0.2, -0.15) is 0 Å². The van der Waals surface area contributed by atoms with Crippen LogP contribution in [-0.2, 0) is 0 Å². The molecule has 0 saturated heterocycles. The summed E-state index contributed by atoms with van der Waals surface area (Å²) in [7, 11) is 0. The van der Waals surface area contributed by atoms with Crippen molar-refractivity contribution in [1.82, 2.24) is 0 Å². The number of fused-ring (bicyclic) bond motifs is 1. The largest absolute Gasteiger partial charge is 0.328 e. The van der Waals surface area contributed by atoms with E-state index in [2.05, 4.69) is 0 Å². The fourth-order valence-corrected chi connectivity index (χ4v) is 1.11. The van der Waals surface area contributed by atoms with Crippen LogP contribution in [0.15, 0.2) is 41.1 Å². The molecule has 0 bridgehead atoms. The van der Waals surface area contributed by atoms with Gasteiger partial charge in [0.2, 0.25) is 11.8 Å². The first-order valence-electron chi connectivity index (χ1n) is 3.28. The lowest BCUT2D eigenvalue weighted by Crippen LogP contribution is -2.06. The van der Waals surface area contributed by atoms with Gasteiger partial charge in [-0.1, -0.05) is 18.2 Å². The van der Waals surface area contributed by atoms with Crippen LogP contribution in [0.3, 0.4) is 0 Å². The predicted molar refractivity (Wildman–Crippen MR) is 43.8 cm³/mol. The van der Waals surface area contributed by atoms with E-state index in [-0.39, 0.29) is 0 Å². The highest BCUT2D eigenvalue weighted by Gasteiger charge is 1.96. The van der Waals surface area contributed by atoms with Gasteiger partial charge in [-0.3, -0.25) is 0 Å². The molecular weight excluding hydrogens is 158 g/mol. The molecule has 0 fully saturated rings. The van der Waals surface area contributed by atoms with Gasteiger partial charge in [-0.25, -0.2) is 4.52 Å². The van der Waals surface area contributed by atoms with Crippen molar-refractivity contribution in [2.45, 2.75) is 0 Å². The Hall–Kier alpha value is -1.22. The molecule has 3 heteroatoms. The van der Waals surface area contributed by atoms with Gasteiger partial charge < -0.3 is 0 Å². The Labute approximate surface area is 68.8 Å². The molecule has 0 aliphatic rings. The first-order chi connectivity index (χ1) is 5.36. The van der Waals surface area contributed by atoms with Gasteiger partial charge in [0.15, 0.2) is 0 Å². The summed E-state index contributed by atoms with van der Waals surface area (Å²) in [5.74, 6) is 0. The number of hydrogen-bond acceptors (Lipinski definition) is 2. The number of aromatic nitrogens is 1. The molecule has 0 radical (unpaired) electrons. The van der Waals surface area contributed by atoms with E-state index in [0.29, 0.717) is 0 Å². The monoisotopic (exact) mass is 164 g/mol. The van der Waals surface area contributed by atoms with Crippen LogP contribution in [-0.4, -0.2) is 0 Å². The molecule has 54 valence electrons. The molecule has 0 N–H and O–H groups in total. The summed E-state index contributed by atoms with van der Waals surface area (Å²) in [6.45, 7) is 0. The zero-order valence-electron chi connectivity index (χ0n) is 5.73. The lowest BCUT2D eigenvalue weighted by atomic mass is 10.2. The molecular formula is C8H6NOS+. The Balaban J connectivity index is 2.94. The third kappa shape index (κ3) is 1.14. The fraction of sp³-hybridized carbons (Fsp3) is 0. The van der Waals surface area contributed by atoms with Gasteiger partial charge >= 0.3 is 12.4 Å². The molecule has 0 saturated carbocycles. The molecule has 1 heterocycles. The van der Waals surface area contributed by atoms with Crippen LogP contribution in [0.1, 0.15) is 0 Å². The maximum absolute atomic E-state index is 5.19. The molecule has 0 unspecified atom stereocenters. The van der Waals surface area contributed by atoms with Crippen molar-refractivity contribution in [3.63, 3.8) is 0 Å². The highest BCUT2D eigenvalue weighted by atomic mass is 32.1. The van der Waals surface area contributed by atoms with Crippen molar-refractivity contribution in [2.75, 3.05) is 0 Å². The van der Waals surface area contributed by atoms with Gasteiger partial charge in [-0.05, 0) is 6.07 Å². The van der Waals surface area contributed by atoms with E-state index < -0.39 is 0 Å². The second kappa shape index (κ2) is 2.43. The molecule has 1 aromatic carbocycles. The Morgan fingerprint density at radius 2 is 2.00 bits per heavy atom. The van der Waals surface area contributed by atoms with Crippen molar-refractivity contribution in [1.29, 1.82) is 0 Å². The minimum absolute atomic E-state index is 0.810. The topological polar surface area (TPSA) is 19.0 Å². The second-order valence-electron chi connectivity index (χ2n) is 2.23. The minimum Gasteiger partial charge on any atom is -0.216 e. The zero-order valence-corrected chi connectivity index (χ0v) is 6.54. The highest BCUT2D eigenvalue weighted by Crippen LogP contribution is 2.08. The summed E-state index contributed by atoms with van der Waals surface area (Å²) in [5, 5.41) is 1.06. The molecule has 0 aliphatic heterocycles. The summed E-state index contributed by atoms with van der Waals surface area (Å²) in [4.78, 5) is 0. The number of para-hydroxylation sites is 1. The lowest BCUT2D eigenvalue weighted by Gasteiger charge is -1.86. The number of hydrogen-bond donors (Lipinski definition) is 0. The van der Waals surface area contributed by atoms with Crippen LogP contribution in [0, 0.1) is 0 Å². The van der Waals surface area contributed by atoms with Crippen LogP contribution in [0.4, 0.5) is 0 Å². The van der Waals surface area contributed by atoms with E-state index in [1.54, 1.807) is 6.20 Å². The minimum atomic E-state index is 0.810. The van der Waals surface area contributed by atoms with Crippen LogP contribution in [0.5, 0.6) is 0 Å². The van der Waals surface area contributed by atoms with Crippen LogP contribution < -0.4 is 3.79 Å². The van der Waals surface area contributed by atoms with E-state index in [1.165, 1.54) is 3.79 Å². The average Bonchev–Trinajstić information content (AvgIpc) is 2.04. The highest BCUT2D eigenvalue weighted by molar-refractivity contribution is 7.66. The first kappa shape index (κ1) is 6.49. The maximum Gasteiger partial charge on any atom is 0.328 e. The van der Waals surface area contributed by atoms with Crippen LogP contribution in [0.25, 0.3) is 11.0 Å². The van der Waals surface area contributed by atoms with Crippen molar-refractivity contribution in [3.05, 3.63) is 36.5 Å². The van der Waals surface area contributed by atoms with Gasteiger partial charge in [-0.15, -0.1) is 0 Å². The number of rotatable bonds is 0. The lowest BCUT2D eigenvalue weighted by molar-refractivity contribution is -0.654. The molecule has 11 heavy (non-hydrogen) atoms. The molecule has 2 rings (SSSR count). The molecule has 2 aromatic rings. The van der Waals surface area contributed by atoms with E-state index in [9.17, 15) is 0 Å². The summed E-state index contributed by atoms with van der Waals surface area (Å²) in [5.41, 5.74) is 0.810. The van der Waals surface area contributed by atoms with Crippen molar-refractivity contribution in [3.8, 4) is 0 Å². The molecule has 0 atom stereocenters. The van der Waals surface area contributed by atoms with Crippen molar-refractivity contribution >= 4 is 23.4 Å². The Bertz CT molecular complexity index is 435. The van der Waals surface area contributed by atoms with Gasteiger partial charge in [0.25, 0.3) is 0 Å². The summed E-state index contributed by atoms with van der Waals surface area (Å²) in [6, 6.07) is 9.67. The van der Waals surface area contributed by atoms with Gasteiger partial charge in [0.05, 0.1) is 3.79 Å². The van der Waals surface area contributed by atoms with E-state index in [4.69, 9.17) is 16.9 Å². The third-order valence-electron chi connectivity index (χ3n) is 1.48. The average molecular weight is 164 g/mol. The molecule has 2 nitrogen and oxygen atoms in total. The Morgan fingerprint density at radius 1 is 1.18 bits per heavy atom. The number of benzene rings is 1. The standard InChI is InChI=1S/C8H6NOS/c11-9-6-5-7-3-1-2-4-8(7)10-9/h1-6H/q+1. The van der Waals surface area contributed by atoms with Gasteiger partial charge in [0, 0.05) is 11.5 Å². The van der Waals surface area contributed by atoms with Crippen LogP contribution in [0.2, 0.25) is 0 Å². The van der Waals surface area contributed by atoms with E-state index in [0.717, 1.165) is 11.0 Å². The normalized spacial score (nSPS) is 10.2. The van der Waals surface area contributed by atoms with E-state index >= 15 is 0 Å².